The van der Waals surface area contributed by atoms with Gasteiger partial charge < -0.3 is 15.2 Å². The lowest BCUT2D eigenvalue weighted by atomic mass is 9.83. The van der Waals surface area contributed by atoms with Crippen LogP contribution in [0, 0.1) is 5.41 Å². The topological polar surface area (TPSA) is 75.6 Å². The first-order chi connectivity index (χ1) is 12.4. The minimum Gasteiger partial charge on any atom is -0.480 e. The number of carbonyl (C=O) groups excluding carboxylic acids is 1. The first-order valence-corrected chi connectivity index (χ1v) is 9.59. The van der Waals surface area contributed by atoms with E-state index in [4.69, 9.17) is 16.3 Å². The van der Waals surface area contributed by atoms with Crippen molar-refractivity contribution in [3.05, 3.63) is 57.2 Å². The van der Waals surface area contributed by atoms with Gasteiger partial charge in [-0.1, -0.05) is 48.9 Å². The van der Waals surface area contributed by atoms with Crippen LogP contribution in [0.15, 0.2) is 41.8 Å². The minimum absolute atomic E-state index is 0.0840. The molecular formula is C19H20ClNO4S. The van der Waals surface area contributed by atoms with Crippen molar-refractivity contribution in [2.24, 2.45) is 5.41 Å². The highest BCUT2D eigenvalue weighted by molar-refractivity contribution is 7.10. The zero-order valence-electron chi connectivity index (χ0n) is 14.3. The van der Waals surface area contributed by atoms with Gasteiger partial charge in [-0.2, -0.15) is 0 Å². The average Bonchev–Trinajstić information content (AvgIpc) is 3.22. The summed E-state index contributed by atoms with van der Waals surface area (Å²) in [5.74, 6) is -1.49. The van der Waals surface area contributed by atoms with Gasteiger partial charge in [0.2, 0.25) is 0 Å². The lowest BCUT2D eigenvalue weighted by Crippen LogP contribution is -2.47. The summed E-state index contributed by atoms with van der Waals surface area (Å²) in [7, 11) is 0. The molecule has 0 bridgehead atoms. The zero-order chi connectivity index (χ0) is 18.7. The monoisotopic (exact) mass is 393 g/mol. The predicted octanol–water partition coefficient (Wildman–Crippen LogP) is 4.66. The Kier molecular flexibility index (Phi) is 5.53. The zero-order valence-corrected chi connectivity index (χ0v) is 15.8. The average molecular weight is 394 g/mol. The number of hydrogen-bond donors (Lipinski definition) is 2. The van der Waals surface area contributed by atoms with Crippen LogP contribution in [0.3, 0.4) is 0 Å². The summed E-state index contributed by atoms with van der Waals surface area (Å²) in [6, 6.07) is 9.89. The van der Waals surface area contributed by atoms with Crippen molar-refractivity contribution in [3.63, 3.8) is 0 Å². The molecule has 0 radical (unpaired) electrons. The summed E-state index contributed by atoms with van der Waals surface area (Å²) in [5, 5.41) is 14.7. The van der Waals surface area contributed by atoms with E-state index in [1.807, 2.05) is 42.6 Å². The lowest BCUT2D eigenvalue weighted by Gasteiger charge is -2.29. The Labute approximate surface area is 160 Å². The molecule has 138 valence electrons. The van der Waals surface area contributed by atoms with E-state index in [2.05, 4.69) is 5.32 Å². The fraction of sp³-hybridized carbons (Fsp3) is 0.368. The van der Waals surface area contributed by atoms with E-state index >= 15 is 0 Å². The highest BCUT2D eigenvalue weighted by Gasteiger charge is 2.52. The van der Waals surface area contributed by atoms with Crippen molar-refractivity contribution >= 4 is 35.0 Å². The number of aliphatic carboxylic acids is 1. The van der Waals surface area contributed by atoms with Gasteiger partial charge in [-0.25, -0.2) is 9.59 Å². The van der Waals surface area contributed by atoms with Crippen LogP contribution < -0.4 is 5.32 Å². The molecular weight excluding hydrogens is 374 g/mol. The number of rotatable bonds is 7. The molecule has 1 aliphatic rings. The van der Waals surface area contributed by atoms with Gasteiger partial charge in [0.15, 0.2) is 0 Å². The third kappa shape index (κ3) is 4.19. The molecule has 1 saturated carbocycles. The molecule has 1 aliphatic carbocycles. The third-order valence-corrected chi connectivity index (χ3v) is 6.24. The highest BCUT2D eigenvalue weighted by Crippen LogP contribution is 2.58. The number of nitrogens with one attached hydrogen (secondary N) is 1. The molecule has 1 aromatic carbocycles. The van der Waals surface area contributed by atoms with E-state index in [0.29, 0.717) is 5.02 Å². The Morgan fingerprint density at radius 3 is 2.54 bits per heavy atom. The van der Waals surface area contributed by atoms with Gasteiger partial charge in [-0.15, -0.1) is 11.3 Å². The van der Waals surface area contributed by atoms with Gasteiger partial charge in [-0.3, -0.25) is 0 Å². The molecule has 1 fully saturated rings. The van der Waals surface area contributed by atoms with Gasteiger partial charge in [0, 0.05) is 10.8 Å². The van der Waals surface area contributed by atoms with Crippen molar-refractivity contribution in [2.75, 3.05) is 0 Å². The molecule has 2 aromatic rings. The van der Waals surface area contributed by atoms with Crippen LogP contribution in [0.25, 0.3) is 0 Å². The smallest absolute Gasteiger partial charge is 0.408 e. The molecule has 0 spiro atoms. The summed E-state index contributed by atoms with van der Waals surface area (Å²) in [6.07, 6.45) is 1.05. The molecule has 1 amide bonds. The number of carbonyl (C=O) groups is 2. The molecule has 0 saturated heterocycles. The molecule has 3 rings (SSSR count). The van der Waals surface area contributed by atoms with Crippen molar-refractivity contribution in [1.29, 1.82) is 0 Å². The Balaban J connectivity index is 1.74. The van der Waals surface area contributed by atoms with E-state index in [1.165, 1.54) is 11.3 Å². The van der Waals surface area contributed by atoms with Crippen molar-refractivity contribution < 1.29 is 19.4 Å². The number of halogens is 1. The molecule has 0 aliphatic heterocycles. The largest absolute Gasteiger partial charge is 0.480 e. The van der Waals surface area contributed by atoms with Gasteiger partial charge in [-0.05, 0) is 35.3 Å². The standard InChI is InChI=1S/C19H20ClNO4S/c1-19(8-9-19)14(16-13(20)7-10-26-16)15(17(22)23)21-18(24)25-11-12-5-3-2-4-6-12/h2-7,10,14-15H,8-9,11H2,1H3,(H,21,24)(H,22,23)/t14-,15+/m1/s1. The van der Waals surface area contributed by atoms with Crippen LogP contribution in [0.1, 0.15) is 36.1 Å². The van der Waals surface area contributed by atoms with Gasteiger partial charge >= 0.3 is 12.1 Å². The summed E-state index contributed by atoms with van der Waals surface area (Å²) in [4.78, 5) is 24.9. The number of carboxylic acid groups (broad SMARTS) is 1. The van der Waals surface area contributed by atoms with Crippen molar-refractivity contribution in [3.8, 4) is 0 Å². The molecule has 26 heavy (non-hydrogen) atoms. The fourth-order valence-electron chi connectivity index (χ4n) is 3.09. The number of carboxylic acids is 1. The second-order valence-corrected chi connectivity index (χ2v) is 8.14. The Morgan fingerprint density at radius 2 is 2.00 bits per heavy atom. The van der Waals surface area contributed by atoms with E-state index in [1.54, 1.807) is 6.07 Å². The molecule has 5 nitrogen and oxygen atoms in total. The van der Waals surface area contributed by atoms with Crippen LogP contribution in [0.5, 0.6) is 0 Å². The molecule has 2 N–H and O–H groups in total. The quantitative estimate of drug-likeness (QED) is 0.717. The molecule has 1 heterocycles. The number of benzene rings is 1. The molecule has 7 heteroatoms. The van der Waals surface area contributed by atoms with E-state index < -0.39 is 24.0 Å². The number of alkyl carbamates (subject to hydrolysis) is 1. The van der Waals surface area contributed by atoms with Crippen molar-refractivity contribution in [2.45, 2.75) is 38.3 Å². The number of thiophene rings is 1. The number of hydrogen-bond acceptors (Lipinski definition) is 4. The first-order valence-electron chi connectivity index (χ1n) is 8.33. The molecule has 0 unspecified atom stereocenters. The van der Waals surface area contributed by atoms with Gasteiger partial charge in [0.05, 0.1) is 5.02 Å². The van der Waals surface area contributed by atoms with E-state index in [-0.39, 0.29) is 12.0 Å². The van der Waals surface area contributed by atoms with Crippen LogP contribution in [-0.2, 0) is 16.1 Å². The highest BCUT2D eigenvalue weighted by atomic mass is 35.5. The second kappa shape index (κ2) is 7.68. The maximum absolute atomic E-state index is 12.2. The maximum Gasteiger partial charge on any atom is 0.408 e. The second-order valence-electron chi connectivity index (χ2n) is 6.79. The maximum atomic E-state index is 12.2. The van der Waals surface area contributed by atoms with Crippen LogP contribution in [0.4, 0.5) is 4.79 Å². The molecule has 1 aromatic heterocycles. The van der Waals surface area contributed by atoms with Crippen LogP contribution >= 0.6 is 22.9 Å². The summed E-state index contributed by atoms with van der Waals surface area (Å²) >= 11 is 7.69. The van der Waals surface area contributed by atoms with Crippen LogP contribution in [-0.4, -0.2) is 23.2 Å². The van der Waals surface area contributed by atoms with Gasteiger partial charge in [0.1, 0.15) is 12.6 Å². The fourth-order valence-corrected chi connectivity index (χ4v) is 4.57. The van der Waals surface area contributed by atoms with Gasteiger partial charge in [0.25, 0.3) is 0 Å². The lowest BCUT2D eigenvalue weighted by molar-refractivity contribution is -0.140. The number of ether oxygens (including phenoxy) is 1. The van der Waals surface area contributed by atoms with Crippen LogP contribution in [0.2, 0.25) is 5.02 Å². The number of amides is 1. The SMILES string of the molecule is CC1([C@@H](c2sccc2Cl)[C@H](NC(=O)OCc2ccccc2)C(=O)O)CC1. The first kappa shape index (κ1) is 18.7. The van der Waals surface area contributed by atoms with E-state index in [0.717, 1.165) is 23.3 Å². The summed E-state index contributed by atoms with van der Waals surface area (Å²) in [6.45, 7) is 2.11. The Hall–Kier alpha value is -2.05. The molecule has 2 atom stereocenters. The van der Waals surface area contributed by atoms with Crippen molar-refractivity contribution in [1.82, 2.24) is 5.32 Å². The Bertz CT molecular complexity index is 788. The Morgan fingerprint density at radius 1 is 1.31 bits per heavy atom. The summed E-state index contributed by atoms with van der Waals surface area (Å²) < 4.78 is 5.20. The van der Waals surface area contributed by atoms with E-state index in [9.17, 15) is 14.7 Å². The third-order valence-electron chi connectivity index (χ3n) is 4.80. The predicted molar refractivity (Wildman–Crippen MR) is 101 cm³/mol. The summed E-state index contributed by atoms with van der Waals surface area (Å²) in [5.41, 5.74) is 0.645. The normalized spacial score (nSPS) is 17.2. The minimum atomic E-state index is -1.10.